The van der Waals surface area contributed by atoms with Crippen molar-refractivity contribution in [3.05, 3.63) is 30.5 Å². The van der Waals surface area contributed by atoms with Crippen molar-refractivity contribution in [1.82, 2.24) is 15.0 Å². The number of hydrogen-bond donors (Lipinski definition) is 3. The van der Waals surface area contributed by atoms with Crippen molar-refractivity contribution in [2.75, 3.05) is 29.2 Å². The Balaban J connectivity index is 1.44. The van der Waals surface area contributed by atoms with Gasteiger partial charge in [0.25, 0.3) is 0 Å². The fourth-order valence-corrected chi connectivity index (χ4v) is 4.36. The Hall–Kier alpha value is -3.29. The number of rotatable bonds is 6. The van der Waals surface area contributed by atoms with Crippen LogP contribution in [0.1, 0.15) is 38.5 Å². The summed E-state index contributed by atoms with van der Waals surface area (Å²) in [5.74, 6) is 2.14. The van der Waals surface area contributed by atoms with Gasteiger partial charge in [-0.05, 0) is 37.5 Å². The molecule has 0 radical (unpaired) electrons. The molecule has 30 heavy (non-hydrogen) atoms. The van der Waals surface area contributed by atoms with Gasteiger partial charge in [0.15, 0.2) is 0 Å². The van der Waals surface area contributed by atoms with E-state index in [0.29, 0.717) is 24.2 Å². The van der Waals surface area contributed by atoms with E-state index in [-0.39, 0.29) is 5.91 Å². The van der Waals surface area contributed by atoms with Gasteiger partial charge in [0.05, 0.1) is 18.2 Å². The summed E-state index contributed by atoms with van der Waals surface area (Å²) in [7, 11) is 1.62. The average molecular weight is 406 g/mol. The van der Waals surface area contributed by atoms with Crippen molar-refractivity contribution in [1.29, 1.82) is 0 Å². The summed E-state index contributed by atoms with van der Waals surface area (Å²) in [6, 6.07) is 8.18. The molecule has 2 aromatic heterocycles. The lowest BCUT2D eigenvalue weighted by atomic mass is 10.2. The van der Waals surface area contributed by atoms with Crippen molar-refractivity contribution < 1.29 is 9.53 Å². The molecular weight excluding hydrogens is 380 g/mol. The molecule has 3 aromatic rings. The molecular formula is C22H26N6O2. The zero-order valence-electron chi connectivity index (χ0n) is 17.1. The van der Waals surface area contributed by atoms with Crippen molar-refractivity contribution >= 4 is 40.1 Å². The molecule has 0 unspecified atom stereocenters. The molecule has 1 saturated carbocycles. The number of aromatic nitrogens is 3. The number of nitrogens with one attached hydrogen (secondary N) is 3. The first-order valence-corrected chi connectivity index (χ1v) is 10.6. The molecule has 8 nitrogen and oxygen atoms in total. The summed E-state index contributed by atoms with van der Waals surface area (Å²) >= 11 is 0. The summed E-state index contributed by atoms with van der Waals surface area (Å²) in [5.41, 5.74) is 2.39. The molecule has 2 fully saturated rings. The van der Waals surface area contributed by atoms with E-state index in [9.17, 15) is 4.79 Å². The smallest absolute Gasteiger partial charge is 0.231 e. The molecule has 0 bridgehead atoms. The summed E-state index contributed by atoms with van der Waals surface area (Å²) in [6.07, 6.45) is 8.23. The lowest BCUT2D eigenvalue weighted by Crippen LogP contribution is -2.23. The summed E-state index contributed by atoms with van der Waals surface area (Å²) < 4.78 is 5.58. The van der Waals surface area contributed by atoms with E-state index < -0.39 is 0 Å². The van der Waals surface area contributed by atoms with E-state index in [4.69, 9.17) is 9.72 Å². The molecule has 1 aliphatic heterocycles. The Kier molecular flexibility index (Phi) is 4.90. The highest BCUT2D eigenvalue weighted by atomic mass is 16.5. The Bertz CT molecular complexity index is 1070. The largest absolute Gasteiger partial charge is 0.494 e. The van der Waals surface area contributed by atoms with Gasteiger partial charge in [-0.3, -0.25) is 4.79 Å². The molecule has 1 saturated heterocycles. The molecule has 2 aliphatic rings. The van der Waals surface area contributed by atoms with Gasteiger partial charge in [0.2, 0.25) is 11.9 Å². The number of benzene rings is 1. The Labute approximate surface area is 175 Å². The number of methoxy groups -OCH3 is 1. The van der Waals surface area contributed by atoms with Crippen LogP contribution in [0.25, 0.3) is 11.0 Å². The Morgan fingerprint density at radius 2 is 2.03 bits per heavy atom. The fraction of sp³-hybridized carbons (Fsp3) is 0.409. The van der Waals surface area contributed by atoms with Crippen LogP contribution in [0.2, 0.25) is 0 Å². The van der Waals surface area contributed by atoms with Crippen LogP contribution in [0, 0.1) is 0 Å². The second-order valence-corrected chi connectivity index (χ2v) is 7.92. The number of carbonyl (C=O) groups is 1. The maximum Gasteiger partial charge on any atom is 0.231 e. The lowest BCUT2D eigenvalue weighted by molar-refractivity contribution is -0.117. The Morgan fingerprint density at radius 1 is 1.17 bits per heavy atom. The predicted octanol–water partition coefficient (Wildman–Crippen LogP) is 4.19. The van der Waals surface area contributed by atoms with Crippen LogP contribution in [0.5, 0.6) is 5.75 Å². The summed E-state index contributed by atoms with van der Waals surface area (Å²) in [6.45, 7) is 0.748. The van der Waals surface area contributed by atoms with Crippen LogP contribution in [0.3, 0.4) is 0 Å². The molecule has 156 valence electrons. The number of H-pyrrole nitrogens is 1. The third-order valence-corrected chi connectivity index (χ3v) is 5.93. The van der Waals surface area contributed by atoms with Crippen LogP contribution in [0.15, 0.2) is 30.5 Å². The molecule has 0 spiro atoms. The minimum absolute atomic E-state index is 0.154. The van der Waals surface area contributed by atoms with Gasteiger partial charge in [0, 0.05) is 37.0 Å². The monoisotopic (exact) mass is 406 g/mol. The topological polar surface area (TPSA) is 95.2 Å². The molecule has 1 aliphatic carbocycles. The zero-order valence-corrected chi connectivity index (χ0v) is 17.1. The van der Waals surface area contributed by atoms with Crippen molar-refractivity contribution in [2.45, 2.75) is 44.6 Å². The minimum Gasteiger partial charge on any atom is -0.494 e. The number of hydrogen-bond acceptors (Lipinski definition) is 6. The lowest BCUT2D eigenvalue weighted by Gasteiger charge is -2.19. The first-order valence-electron chi connectivity index (χ1n) is 10.6. The van der Waals surface area contributed by atoms with Gasteiger partial charge in [-0.2, -0.15) is 9.97 Å². The number of aromatic amines is 1. The third-order valence-electron chi connectivity index (χ3n) is 5.93. The molecule has 1 aromatic carbocycles. The number of amides is 1. The van der Waals surface area contributed by atoms with Gasteiger partial charge >= 0.3 is 0 Å². The van der Waals surface area contributed by atoms with Crippen molar-refractivity contribution in [3.63, 3.8) is 0 Å². The normalized spacial score (nSPS) is 17.1. The standard InChI is InChI=1S/C22H26N6O2/c1-30-18-13-15(28-12-4-7-19(28)29)8-9-17(18)25-22-26-20-16(10-11-23-20)21(27-22)24-14-5-2-3-6-14/h8-11,13-14H,2-7,12H2,1H3,(H3,23,24,25,26,27). The van der Waals surface area contributed by atoms with E-state index in [2.05, 4.69) is 20.6 Å². The first-order chi connectivity index (χ1) is 14.7. The number of carbonyl (C=O) groups excluding carboxylic acids is 1. The zero-order chi connectivity index (χ0) is 20.5. The van der Waals surface area contributed by atoms with E-state index in [0.717, 1.165) is 41.2 Å². The second kappa shape index (κ2) is 7.85. The van der Waals surface area contributed by atoms with Crippen LogP contribution in [0.4, 0.5) is 23.1 Å². The van der Waals surface area contributed by atoms with Crippen molar-refractivity contribution in [3.8, 4) is 5.75 Å². The number of anilines is 4. The highest BCUT2D eigenvalue weighted by molar-refractivity contribution is 5.96. The van der Waals surface area contributed by atoms with Crippen LogP contribution >= 0.6 is 0 Å². The van der Waals surface area contributed by atoms with Gasteiger partial charge < -0.3 is 25.3 Å². The van der Waals surface area contributed by atoms with Gasteiger partial charge in [-0.25, -0.2) is 0 Å². The highest BCUT2D eigenvalue weighted by Crippen LogP contribution is 2.34. The molecule has 1 amide bonds. The molecule has 5 rings (SSSR count). The molecule has 3 N–H and O–H groups in total. The highest BCUT2D eigenvalue weighted by Gasteiger charge is 2.23. The van der Waals surface area contributed by atoms with Gasteiger partial charge in [0.1, 0.15) is 17.2 Å². The van der Waals surface area contributed by atoms with E-state index in [1.807, 2.05) is 30.5 Å². The van der Waals surface area contributed by atoms with E-state index in [1.165, 1.54) is 25.7 Å². The number of fused-ring (bicyclic) bond motifs is 1. The summed E-state index contributed by atoms with van der Waals surface area (Å²) in [4.78, 5) is 26.4. The predicted molar refractivity (Wildman–Crippen MR) is 118 cm³/mol. The van der Waals surface area contributed by atoms with Crippen LogP contribution in [-0.2, 0) is 4.79 Å². The SMILES string of the molecule is COc1cc(N2CCCC2=O)ccc1Nc1nc(NC2CCCC2)c2cc[nH]c2n1. The molecule has 8 heteroatoms. The van der Waals surface area contributed by atoms with Crippen LogP contribution < -0.4 is 20.3 Å². The molecule has 3 heterocycles. The first kappa shape index (κ1) is 18.7. The maximum atomic E-state index is 12.1. The maximum absolute atomic E-state index is 12.1. The Morgan fingerprint density at radius 3 is 2.80 bits per heavy atom. The van der Waals surface area contributed by atoms with E-state index in [1.54, 1.807) is 12.0 Å². The van der Waals surface area contributed by atoms with Crippen LogP contribution in [-0.4, -0.2) is 40.6 Å². The number of nitrogens with zero attached hydrogens (tertiary/aromatic N) is 3. The van der Waals surface area contributed by atoms with Crippen molar-refractivity contribution in [2.24, 2.45) is 0 Å². The fourth-order valence-electron chi connectivity index (χ4n) is 4.36. The second-order valence-electron chi connectivity index (χ2n) is 7.92. The quantitative estimate of drug-likeness (QED) is 0.568. The average Bonchev–Trinajstić information content (AvgIpc) is 3.50. The third kappa shape index (κ3) is 3.53. The van der Waals surface area contributed by atoms with E-state index >= 15 is 0 Å². The number of ether oxygens (including phenoxy) is 1. The molecule has 0 atom stereocenters. The minimum atomic E-state index is 0.154. The van der Waals surface area contributed by atoms with Gasteiger partial charge in [-0.1, -0.05) is 12.8 Å². The van der Waals surface area contributed by atoms with Gasteiger partial charge in [-0.15, -0.1) is 0 Å². The summed E-state index contributed by atoms with van der Waals surface area (Å²) in [5, 5.41) is 7.87.